The molecule has 2 amide bonds. The molecule has 0 aliphatic carbocycles. The Hall–Kier alpha value is -2.88. The number of aliphatic hydroxyl groups is 18. The molecular formula is C49H84N2O33. The van der Waals surface area contributed by atoms with Crippen LogP contribution in [0.5, 0.6) is 0 Å². The zero-order valence-corrected chi connectivity index (χ0v) is 46.8. The molecule has 6 heterocycles. The monoisotopic (exact) mass is 1230 g/mol. The SMILES string of the molecule is CC(=O)NC1C(O[C@@H]2OC(C)[C@@H](O)[C@H](O)C2O)[C@H](O[C@@H]2O[C@@H](CO)[C@H](O)C(O)C2O[C@@H]2O[C@@H](C)[C@@H](O)C(O)C2O)C(CO)O[C@H]1O/C(=C(\O)[C@@H](O)O[C@@H]1C(CO)O[C@@H](OC(C)C)C(NC(C)=O)C1O[C@@H]1OC(C)[C@@H](O)[C@H](O)C1O)[C@@H](O)CCO. The Morgan fingerprint density at radius 2 is 0.845 bits per heavy atom. The third kappa shape index (κ3) is 15.9. The summed E-state index contributed by atoms with van der Waals surface area (Å²) in [5, 5.41) is 202. The fourth-order valence-corrected chi connectivity index (χ4v) is 10.3. The van der Waals surface area contributed by atoms with Gasteiger partial charge in [-0.3, -0.25) is 9.59 Å². The minimum Gasteiger partial charge on any atom is -0.505 e. The Bertz CT molecular complexity index is 2110. The van der Waals surface area contributed by atoms with E-state index in [4.69, 9.17) is 61.6 Å². The highest BCUT2D eigenvalue weighted by Gasteiger charge is 2.58. The second-order valence-corrected chi connectivity index (χ2v) is 21.6. The van der Waals surface area contributed by atoms with Gasteiger partial charge < -0.3 is 164 Å². The predicted molar refractivity (Wildman–Crippen MR) is 267 cm³/mol. The van der Waals surface area contributed by atoms with Crippen LogP contribution in [0.3, 0.4) is 0 Å². The summed E-state index contributed by atoms with van der Waals surface area (Å²) in [4.78, 5) is 26.1. The number of carbonyl (C=O) groups is 2. The Morgan fingerprint density at radius 1 is 0.452 bits per heavy atom. The summed E-state index contributed by atoms with van der Waals surface area (Å²) in [5.41, 5.74) is 0. The molecule has 35 nitrogen and oxygen atoms in total. The van der Waals surface area contributed by atoms with Crippen molar-refractivity contribution in [1.82, 2.24) is 10.6 Å². The molecule has 6 saturated heterocycles. The van der Waals surface area contributed by atoms with Gasteiger partial charge in [0.25, 0.3) is 0 Å². The number of ether oxygens (including phenoxy) is 13. The van der Waals surface area contributed by atoms with Crippen molar-refractivity contribution in [2.75, 3.05) is 26.4 Å². The number of nitrogens with one attached hydrogen (secondary N) is 2. The highest BCUT2D eigenvalue weighted by atomic mass is 16.8. The Kier molecular flexibility index (Phi) is 25.5. The van der Waals surface area contributed by atoms with Crippen LogP contribution in [0.2, 0.25) is 0 Å². The van der Waals surface area contributed by atoms with Gasteiger partial charge in [-0.2, -0.15) is 0 Å². The van der Waals surface area contributed by atoms with Gasteiger partial charge in [-0.05, 0) is 34.6 Å². The fourth-order valence-electron chi connectivity index (χ4n) is 10.3. The predicted octanol–water partition coefficient (Wildman–Crippen LogP) is -10.4. The Balaban J connectivity index is 1.43. The zero-order valence-electron chi connectivity index (χ0n) is 46.8. The van der Waals surface area contributed by atoms with E-state index in [1.807, 2.05) is 0 Å². The summed E-state index contributed by atoms with van der Waals surface area (Å²) in [5.74, 6) is -4.31. The fraction of sp³-hybridized carbons (Fsp3) is 0.918. The van der Waals surface area contributed by atoms with Crippen molar-refractivity contribution >= 4 is 11.8 Å². The van der Waals surface area contributed by atoms with E-state index >= 15 is 0 Å². The molecule has 14 unspecified atom stereocenters. The summed E-state index contributed by atoms with van der Waals surface area (Å²) in [6.07, 6.45) is -57.9. The van der Waals surface area contributed by atoms with Crippen molar-refractivity contribution < 1.29 is 163 Å². The first-order chi connectivity index (χ1) is 39.5. The lowest BCUT2D eigenvalue weighted by Gasteiger charge is -2.51. The van der Waals surface area contributed by atoms with E-state index in [2.05, 4.69) is 10.6 Å². The second kappa shape index (κ2) is 30.6. The molecule has 35 heteroatoms. The maximum atomic E-state index is 13.3. The molecule has 0 bridgehead atoms. The van der Waals surface area contributed by atoms with Gasteiger partial charge in [0, 0.05) is 26.9 Å². The van der Waals surface area contributed by atoms with Crippen molar-refractivity contribution in [2.45, 2.75) is 257 Å². The molecular weight excluding hydrogens is 1140 g/mol. The van der Waals surface area contributed by atoms with E-state index in [1.165, 1.54) is 20.8 Å². The van der Waals surface area contributed by atoms with E-state index in [1.54, 1.807) is 13.8 Å². The van der Waals surface area contributed by atoms with Gasteiger partial charge in [-0.25, -0.2) is 0 Å². The van der Waals surface area contributed by atoms with Crippen LogP contribution in [0.4, 0.5) is 0 Å². The molecule has 6 aliphatic rings. The normalized spacial score (nSPS) is 46.0. The van der Waals surface area contributed by atoms with E-state index in [0.717, 1.165) is 13.8 Å². The number of hydrogen-bond donors (Lipinski definition) is 20. The largest absolute Gasteiger partial charge is 0.505 e. The van der Waals surface area contributed by atoms with Gasteiger partial charge >= 0.3 is 0 Å². The standard InChI is InChI=1S/C49H84N2O33/c1-13(2)72-44-23(50-17(6)56)40(82-46-33(67)29(63)25(59)14(3)73-46)38(21(11-54)77-44)79-43(71)36(70)37(19(58)8-9-52)80-45-24(51-18(7)57)41(83-47-34(68)30(64)26(60)15(4)74-47)39(22(12-55)78-45)81-49-42(32(66)28(62)20(10-53)76-49)84-48-35(69)31(65)27(61)16(5)75-48/h13-16,19-35,38-49,52-55,58-71H,8-12H2,1-7H3,(H,50,56)(H,51,57)/b37-36-/t14?,15?,16-,19-,20-,21?,22?,23?,24?,25+,26+,27+,28-,29-,30-,31?,32?,33?,34?,35?,38+,39+,40?,41?,42?,43-,44+,45-,46-,47-,48-,49-/m0/s1. The van der Waals surface area contributed by atoms with Crippen molar-refractivity contribution in [3.05, 3.63) is 11.5 Å². The Labute approximate surface area is 480 Å². The number of amides is 2. The van der Waals surface area contributed by atoms with Gasteiger partial charge in [0.1, 0.15) is 134 Å². The molecule has 20 N–H and O–H groups in total. The highest BCUT2D eigenvalue weighted by molar-refractivity contribution is 5.73. The van der Waals surface area contributed by atoms with E-state index in [0.29, 0.717) is 0 Å². The summed E-state index contributed by atoms with van der Waals surface area (Å²) >= 11 is 0. The minimum absolute atomic E-state index is 0.647. The van der Waals surface area contributed by atoms with Gasteiger partial charge in [0.05, 0.1) is 44.2 Å². The van der Waals surface area contributed by atoms with E-state index in [-0.39, 0.29) is 0 Å². The van der Waals surface area contributed by atoms with Crippen LogP contribution in [-0.4, -0.2) is 333 Å². The van der Waals surface area contributed by atoms with Gasteiger partial charge in [-0.1, -0.05) is 0 Å². The van der Waals surface area contributed by atoms with Crippen molar-refractivity contribution in [2.24, 2.45) is 0 Å². The third-order valence-corrected chi connectivity index (χ3v) is 14.9. The second-order valence-electron chi connectivity index (χ2n) is 21.6. The summed E-state index contributed by atoms with van der Waals surface area (Å²) < 4.78 is 77.4. The summed E-state index contributed by atoms with van der Waals surface area (Å²) in [7, 11) is 0. The van der Waals surface area contributed by atoms with Crippen LogP contribution in [0.1, 0.15) is 54.9 Å². The number of carbonyl (C=O) groups excluding carboxylic acids is 2. The number of aliphatic hydroxyl groups excluding tert-OH is 18. The number of rotatable bonds is 23. The molecule has 0 radical (unpaired) electrons. The molecule has 0 saturated carbocycles. The molecule has 0 aromatic heterocycles. The molecule has 6 aliphatic heterocycles. The van der Waals surface area contributed by atoms with Crippen molar-refractivity contribution in [1.29, 1.82) is 0 Å². The average Bonchev–Trinajstić information content (AvgIpc) is 3.04. The third-order valence-electron chi connectivity index (χ3n) is 14.9. The van der Waals surface area contributed by atoms with Crippen LogP contribution in [-0.2, 0) is 71.2 Å². The van der Waals surface area contributed by atoms with Crippen molar-refractivity contribution in [3.8, 4) is 0 Å². The maximum Gasteiger partial charge on any atom is 0.223 e. The van der Waals surface area contributed by atoms with Crippen LogP contribution in [0.15, 0.2) is 11.5 Å². The van der Waals surface area contributed by atoms with Crippen LogP contribution in [0, 0.1) is 0 Å². The van der Waals surface area contributed by atoms with E-state index < -0.39 is 259 Å². The topological polar surface area (TPSA) is 542 Å². The lowest BCUT2D eigenvalue weighted by Crippen LogP contribution is -2.70. The maximum absolute atomic E-state index is 13.3. The lowest BCUT2D eigenvalue weighted by atomic mass is 9.94. The molecule has 0 aromatic rings. The molecule has 488 valence electrons. The molecule has 32 atom stereocenters. The van der Waals surface area contributed by atoms with Gasteiger partial charge in [-0.15, -0.1) is 0 Å². The number of hydrogen-bond acceptors (Lipinski definition) is 33. The molecule has 84 heavy (non-hydrogen) atoms. The van der Waals surface area contributed by atoms with Gasteiger partial charge in [0.15, 0.2) is 43.0 Å². The molecule has 6 rings (SSSR count). The molecule has 0 spiro atoms. The zero-order chi connectivity index (χ0) is 62.5. The summed E-state index contributed by atoms with van der Waals surface area (Å²) in [6.45, 7) is 5.05. The first-order valence-electron chi connectivity index (χ1n) is 27.3. The smallest absolute Gasteiger partial charge is 0.223 e. The van der Waals surface area contributed by atoms with Crippen LogP contribution in [0.25, 0.3) is 0 Å². The van der Waals surface area contributed by atoms with Crippen molar-refractivity contribution in [3.63, 3.8) is 0 Å². The van der Waals surface area contributed by atoms with Gasteiger partial charge in [0.2, 0.25) is 24.4 Å². The summed E-state index contributed by atoms with van der Waals surface area (Å²) in [6, 6.07) is -3.50. The lowest BCUT2D eigenvalue weighted by molar-refractivity contribution is -0.392. The average molecular weight is 1230 g/mol. The first-order valence-corrected chi connectivity index (χ1v) is 27.3. The van der Waals surface area contributed by atoms with Crippen LogP contribution < -0.4 is 10.6 Å². The highest BCUT2D eigenvalue weighted by Crippen LogP contribution is 2.38. The first kappa shape index (κ1) is 70.2. The molecule has 6 fully saturated rings. The molecule has 0 aromatic carbocycles. The quantitative estimate of drug-likeness (QED) is 0.0334. The Morgan fingerprint density at radius 3 is 1.27 bits per heavy atom. The van der Waals surface area contributed by atoms with E-state index in [9.17, 15) is 102 Å². The minimum atomic E-state index is -2.77. The van der Waals surface area contributed by atoms with Crippen LogP contribution >= 0.6 is 0 Å².